The molecule has 8 nitrogen and oxygen atoms in total. The maximum Gasteiger partial charge on any atom is 0.283 e. The number of hydrogen-bond donors (Lipinski definition) is 1. The minimum atomic E-state index is -0.612. The molecule has 11 heteroatoms. The van der Waals surface area contributed by atoms with E-state index >= 15 is 0 Å². The largest absolute Gasteiger partial charge is 0.322 e. The first-order valence-electron chi connectivity index (χ1n) is 8.68. The second-order valence-corrected chi connectivity index (χ2v) is 7.31. The molecule has 1 N–H and O–H groups in total. The fraction of sp³-hybridized carbons (Fsp3) is 0.105. The summed E-state index contributed by atoms with van der Waals surface area (Å²) in [5.74, 6) is -1.61. The number of carbonyl (C=O) groups excluding carboxylic acids is 1. The fourth-order valence-electron chi connectivity index (χ4n) is 2.85. The number of amides is 1. The van der Waals surface area contributed by atoms with E-state index in [4.69, 9.17) is 0 Å². The van der Waals surface area contributed by atoms with Gasteiger partial charge in [-0.05, 0) is 35.9 Å². The monoisotopic (exact) mass is 474 g/mol. The average molecular weight is 475 g/mol. The Hall–Kier alpha value is -3.47. The molecule has 1 amide bonds. The number of hydrogen-bond acceptors (Lipinski definition) is 5. The normalized spacial score (nSPS) is 11.0. The molecule has 0 unspecified atom stereocenters. The zero-order valence-corrected chi connectivity index (χ0v) is 16.8. The summed E-state index contributed by atoms with van der Waals surface area (Å²) < 4.78 is 30.2. The molecular weight excluding hydrogens is 462 g/mol. The predicted octanol–water partition coefficient (Wildman–Crippen LogP) is 2.72. The van der Waals surface area contributed by atoms with Crippen LogP contribution in [0.25, 0.3) is 11.2 Å². The maximum absolute atomic E-state index is 13.9. The van der Waals surface area contributed by atoms with Crippen molar-refractivity contribution < 1.29 is 13.6 Å². The quantitative estimate of drug-likeness (QED) is 0.479. The Balaban J connectivity index is 1.55. The lowest BCUT2D eigenvalue weighted by Gasteiger charge is -2.08. The molecule has 2 heterocycles. The minimum absolute atomic E-state index is 0.00803. The summed E-state index contributed by atoms with van der Waals surface area (Å²) in [6, 6.07) is 10.1. The number of nitrogens with one attached hydrogen (secondary N) is 1. The third-order valence-corrected chi connectivity index (χ3v) is 4.73. The molecule has 2 aromatic carbocycles. The van der Waals surface area contributed by atoms with Gasteiger partial charge in [0.15, 0.2) is 11.2 Å². The van der Waals surface area contributed by atoms with Gasteiger partial charge in [0, 0.05) is 4.47 Å². The van der Waals surface area contributed by atoms with Crippen LogP contribution in [0.1, 0.15) is 5.56 Å². The van der Waals surface area contributed by atoms with Crippen LogP contribution in [0.5, 0.6) is 0 Å². The molecule has 0 spiro atoms. The fourth-order valence-corrected chi connectivity index (χ4v) is 3.18. The first kappa shape index (κ1) is 19.8. The summed E-state index contributed by atoms with van der Waals surface area (Å²) in [5.41, 5.74) is 0.225. The van der Waals surface area contributed by atoms with Crippen LogP contribution in [0.3, 0.4) is 0 Å². The van der Waals surface area contributed by atoms with E-state index in [1.807, 2.05) is 0 Å². The lowest BCUT2D eigenvalue weighted by molar-refractivity contribution is -0.116. The highest BCUT2D eigenvalue weighted by molar-refractivity contribution is 9.10. The molecule has 0 atom stereocenters. The van der Waals surface area contributed by atoms with Crippen LogP contribution in [0.15, 0.2) is 58.1 Å². The van der Waals surface area contributed by atoms with Crippen LogP contribution in [0.2, 0.25) is 0 Å². The van der Waals surface area contributed by atoms with Gasteiger partial charge in [0.2, 0.25) is 5.91 Å². The number of anilines is 1. The van der Waals surface area contributed by atoms with E-state index in [0.717, 1.165) is 4.57 Å². The lowest BCUT2D eigenvalue weighted by Crippen LogP contribution is -2.28. The summed E-state index contributed by atoms with van der Waals surface area (Å²) >= 11 is 3.14. The second kappa shape index (κ2) is 8.11. The van der Waals surface area contributed by atoms with Gasteiger partial charge in [-0.15, -0.1) is 5.10 Å². The standard InChI is InChI=1S/C19H13BrF2N6O2/c20-12-4-5-15(14(22)7-12)24-16(29)9-27-10-23-18-17(19(27)30)25-26-28(18)8-11-2-1-3-13(21)6-11/h1-7,10H,8-9H2,(H,24,29). The molecule has 4 rings (SSSR count). The number of rotatable bonds is 5. The summed E-state index contributed by atoms with van der Waals surface area (Å²) in [6.45, 7) is -0.206. The van der Waals surface area contributed by atoms with Gasteiger partial charge < -0.3 is 5.32 Å². The number of aromatic nitrogens is 5. The van der Waals surface area contributed by atoms with Gasteiger partial charge in [-0.25, -0.2) is 18.4 Å². The van der Waals surface area contributed by atoms with E-state index in [1.54, 1.807) is 18.2 Å². The Kier molecular flexibility index (Phi) is 5.36. The molecule has 0 radical (unpaired) electrons. The van der Waals surface area contributed by atoms with Crippen LogP contribution < -0.4 is 10.9 Å². The third-order valence-electron chi connectivity index (χ3n) is 4.23. The van der Waals surface area contributed by atoms with E-state index in [0.29, 0.717) is 10.0 Å². The van der Waals surface area contributed by atoms with E-state index in [2.05, 4.69) is 36.5 Å². The molecule has 0 saturated heterocycles. The van der Waals surface area contributed by atoms with Crippen molar-refractivity contribution in [3.8, 4) is 0 Å². The molecule has 0 fully saturated rings. The van der Waals surface area contributed by atoms with Crippen molar-refractivity contribution in [2.75, 3.05) is 5.32 Å². The van der Waals surface area contributed by atoms with E-state index in [-0.39, 0.29) is 35.8 Å². The highest BCUT2D eigenvalue weighted by Crippen LogP contribution is 2.19. The predicted molar refractivity (Wildman–Crippen MR) is 108 cm³/mol. The van der Waals surface area contributed by atoms with Crippen molar-refractivity contribution in [2.45, 2.75) is 13.1 Å². The summed E-state index contributed by atoms with van der Waals surface area (Å²) in [5, 5.41) is 10.1. The summed E-state index contributed by atoms with van der Waals surface area (Å²) in [7, 11) is 0. The zero-order chi connectivity index (χ0) is 21.3. The molecule has 0 aliphatic rings. The molecule has 152 valence electrons. The van der Waals surface area contributed by atoms with Crippen LogP contribution in [-0.4, -0.2) is 30.5 Å². The van der Waals surface area contributed by atoms with Crippen molar-refractivity contribution in [1.82, 2.24) is 24.5 Å². The minimum Gasteiger partial charge on any atom is -0.322 e. The molecule has 2 aromatic heterocycles. The number of fused-ring (bicyclic) bond motifs is 1. The van der Waals surface area contributed by atoms with Crippen molar-refractivity contribution >= 4 is 38.7 Å². The topological polar surface area (TPSA) is 94.7 Å². The van der Waals surface area contributed by atoms with Gasteiger partial charge in [0.05, 0.1) is 12.2 Å². The van der Waals surface area contributed by atoms with E-state index in [1.165, 1.54) is 35.3 Å². The molecule has 0 aliphatic carbocycles. The SMILES string of the molecule is O=C(Cn1cnc2c(nnn2Cc2cccc(F)c2)c1=O)Nc1ccc(Br)cc1F. The Labute approximate surface area is 176 Å². The molecule has 0 bridgehead atoms. The number of nitrogens with zero attached hydrogens (tertiary/aromatic N) is 5. The first-order chi connectivity index (χ1) is 14.4. The van der Waals surface area contributed by atoms with Crippen molar-refractivity contribution in [3.05, 3.63) is 80.8 Å². The number of benzene rings is 2. The Morgan fingerprint density at radius 3 is 2.77 bits per heavy atom. The van der Waals surface area contributed by atoms with Crippen LogP contribution in [0.4, 0.5) is 14.5 Å². The number of carbonyl (C=O) groups is 1. The Morgan fingerprint density at radius 1 is 1.17 bits per heavy atom. The van der Waals surface area contributed by atoms with Gasteiger partial charge in [0.1, 0.15) is 24.5 Å². The molecule has 30 heavy (non-hydrogen) atoms. The summed E-state index contributed by atoms with van der Waals surface area (Å²) in [4.78, 5) is 29.0. The smallest absolute Gasteiger partial charge is 0.283 e. The van der Waals surface area contributed by atoms with Crippen LogP contribution in [-0.2, 0) is 17.9 Å². The van der Waals surface area contributed by atoms with E-state index in [9.17, 15) is 18.4 Å². The maximum atomic E-state index is 13.9. The highest BCUT2D eigenvalue weighted by Gasteiger charge is 2.15. The Bertz CT molecular complexity index is 1320. The van der Waals surface area contributed by atoms with Crippen LogP contribution >= 0.6 is 15.9 Å². The van der Waals surface area contributed by atoms with Crippen molar-refractivity contribution in [3.63, 3.8) is 0 Å². The Morgan fingerprint density at radius 2 is 2.00 bits per heavy atom. The second-order valence-electron chi connectivity index (χ2n) is 6.40. The van der Waals surface area contributed by atoms with Gasteiger partial charge in [-0.2, -0.15) is 0 Å². The van der Waals surface area contributed by atoms with Gasteiger partial charge in [-0.3, -0.25) is 14.2 Å². The van der Waals surface area contributed by atoms with Gasteiger partial charge in [0.25, 0.3) is 5.56 Å². The molecular formula is C19H13BrF2N6O2. The highest BCUT2D eigenvalue weighted by atomic mass is 79.9. The number of halogens is 3. The van der Waals surface area contributed by atoms with Gasteiger partial charge >= 0.3 is 0 Å². The van der Waals surface area contributed by atoms with Crippen molar-refractivity contribution in [2.24, 2.45) is 0 Å². The zero-order valence-electron chi connectivity index (χ0n) is 15.2. The lowest BCUT2D eigenvalue weighted by atomic mass is 10.2. The molecule has 4 aromatic rings. The molecule has 0 aliphatic heterocycles. The van der Waals surface area contributed by atoms with Crippen molar-refractivity contribution in [1.29, 1.82) is 0 Å². The average Bonchev–Trinajstić information content (AvgIpc) is 3.10. The van der Waals surface area contributed by atoms with Gasteiger partial charge in [-0.1, -0.05) is 33.3 Å². The third kappa shape index (κ3) is 4.10. The summed E-state index contributed by atoms with van der Waals surface area (Å²) in [6.07, 6.45) is 1.19. The first-order valence-corrected chi connectivity index (χ1v) is 9.48. The molecule has 0 saturated carbocycles. The van der Waals surface area contributed by atoms with Crippen LogP contribution in [0, 0.1) is 11.6 Å². The van der Waals surface area contributed by atoms with E-state index < -0.39 is 17.3 Å².